The zero-order valence-corrected chi connectivity index (χ0v) is 13.7. The van der Waals surface area contributed by atoms with E-state index in [0.717, 1.165) is 25.2 Å². The first-order valence-corrected chi connectivity index (χ1v) is 7.55. The highest BCUT2D eigenvalue weighted by atomic mass is 16.2. The van der Waals surface area contributed by atoms with Gasteiger partial charge in [0.1, 0.15) is 5.82 Å². The van der Waals surface area contributed by atoms with Crippen molar-refractivity contribution in [2.24, 2.45) is 5.92 Å². The van der Waals surface area contributed by atoms with Gasteiger partial charge in [-0.25, -0.2) is 4.98 Å². The molecule has 1 amide bonds. The Morgan fingerprint density at radius 3 is 2.25 bits per heavy atom. The highest BCUT2D eigenvalue weighted by molar-refractivity contribution is 5.90. The molecule has 0 saturated carbocycles. The maximum Gasteiger partial charge on any atom is 0.293 e. The van der Waals surface area contributed by atoms with Crippen LogP contribution in [0.1, 0.15) is 70.8 Å². The molecule has 1 rings (SSSR count). The molecular weight excluding hydrogens is 252 g/mol. The summed E-state index contributed by atoms with van der Waals surface area (Å²) in [5.41, 5.74) is -0.127. The predicted molar refractivity (Wildman–Crippen MR) is 80.7 cm³/mol. The number of hydrogen-bond acceptors (Lipinski definition) is 3. The van der Waals surface area contributed by atoms with Gasteiger partial charge in [-0.1, -0.05) is 47.5 Å². The van der Waals surface area contributed by atoms with E-state index in [1.807, 2.05) is 32.6 Å². The maximum atomic E-state index is 12.5. The lowest BCUT2D eigenvalue weighted by molar-refractivity contribution is 0.0723. The van der Waals surface area contributed by atoms with Gasteiger partial charge in [-0.3, -0.25) is 9.89 Å². The Morgan fingerprint density at radius 2 is 1.85 bits per heavy atom. The summed E-state index contributed by atoms with van der Waals surface area (Å²) >= 11 is 0. The van der Waals surface area contributed by atoms with E-state index in [1.165, 1.54) is 0 Å². The number of aromatic amines is 1. The Balaban J connectivity index is 2.83. The first-order chi connectivity index (χ1) is 9.33. The second-order valence-corrected chi connectivity index (χ2v) is 6.28. The van der Waals surface area contributed by atoms with E-state index in [-0.39, 0.29) is 17.1 Å². The highest BCUT2D eigenvalue weighted by Gasteiger charge is 2.24. The van der Waals surface area contributed by atoms with Gasteiger partial charge in [0.05, 0.1) is 0 Å². The van der Waals surface area contributed by atoms with Crippen molar-refractivity contribution in [3.05, 3.63) is 11.6 Å². The SMILES string of the molecule is CCC(CC)CN(CC)C(=O)c1n[nH]c(C(C)(C)C)n1. The van der Waals surface area contributed by atoms with Gasteiger partial charge >= 0.3 is 0 Å². The van der Waals surface area contributed by atoms with Crippen LogP contribution in [-0.4, -0.2) is 39.1 Å². The van der Waals surface area contributed by atoms with Crippen molar-refractivity contribution in [3.8, 4) is 0 Å². The minimum absolute atomic E-state index is 0.0776. The van der Waals surface area contributed by atoms with Crippen LogP contribution in [0.15, 0.2) is 0 Å². The smallest absolute Gasteiger partial charge is 0.293 e. The van der Waals surface area contributed by atoms with Crippen molar-refractivity contribution >= 4 is 5.91 Å². The fourth-order valence-electron chi connectivity index (χ4n) is 2.05. The predicted octanol–water partition coefficient (Wildman–Crippen LogP) is 3.00. The lowest BCUT2D eigenvalue weighted by Gasteiger charge is -2.24. The van der Waals surface area contributed by atoms with Gasteiger partial charge in [0.2, 0.25) is 5.82 Å². The van der Waals surface area contributed by atoms with E-state index in [9.17, 15) is 4.79 Å². The Morgan fingerprint density at radius 1 is 1.25 bits per heavy atom. The molecule has 0 radical (unpaired) electrons. The average Bonchev–Trinajstić information content (AvgIpc) is 2.89. The van der Waals surface area contributed by atoms with Crippen molar-refractivity contribution in [2.45, 2.75) is 59.8 Å². The summed E-state index contributed by atoms with van der Waals surface area (Å²) < 4.78 is 0. The van der Waals surface area contributed by atoms with Crippen LogP contribution in [0.5, 0.6) is 0 Å². The average molecular weight is 280 g/mol. The van der Waals surface area contributed by atoms with Gasteiger partial charge in [-0.2, -0.15) is 0 Å². The number of rotatable bonds is 6. The number of nitrogens with zero attached hydrogens (tertiary/aromatic N) is 3. The van der Waals surface area contributed by atoms with Gasteiger partial charge in [-0.15, -0.1) is 5.10 Å². The monoisotopic (exact) mass is 280 g/mol. The molecule has 0 aliphatic heterocycles. The van der Waals surface area contributed by atoms with Gasteiger partial charge < -0.3 is 4.90 Å². The number of H-pyrrole nitrogens is 1. The zero-order chi connectivity index (χ0) is 15.3. The molecule has 0 spiro atoms. The molecule has 1 aromatic rings. The van der Waals surface area contributed by atoms with Crippen molar-refractivity contribution in [3.63, 3.8) is 0 Å². The molecule has 5 heteroatoms. The normalized spacial score (nSPS) is 11.9. The fourth-order valence-corrected chi connectivity index (χ4v) is 2.05. The molecule has 1 heterocycles. The van der Waals surface area contributed by atoms with E-state index in [0.29, 0.717) is 12.5 Å². The summed E-state index contributed by atoms with van der Waals surface area (Å²) in [6, 6.07) is 0. The van der Waals surface area contributed by atoms with Crippen molar-refractivity contribution in [1.29, 1.82) is 0 Å². The molecule has 114 valence electrons. The van der Waals surface area contributed by atoms with Crippen LogP contribution in [0.4, 0.5) is 0 Å². The van der Waals surface area contributed by atoms with Crippen molar-refractivity contribution in [1.82, 2.24) is 20.1 Å². The molecule has 0 saturated heterocycles. The van der Waals surface area contributed by atoms with Crippen LogP contribution in [-0.2, 0) is 5.41 Å². The standard InChI is InChI=1S/C15H28N4O/c1-7-11(8-2)10-19(9-3)13(20)12-16-14(18-17-12)15(4,5)6/h11H,7-10H2,1-6H3,(H,16,17,18). The van der Waals surface area contributed by atoms with Crippen LogP contribution in [0, 0.1) is 5.92 Å². The molecule has 0 bridgehead atoms. The molecule has 0 aromatic carbocycles. The molecule has 1 N–H and O–H groups in total. The summed E-state index contributed by atoms with van der Waals surface area (Å²) in [6.45, 7) is 13.9. The largest absolute Gasteiger partial charge is 0.336 e. The molecule has 20 heavy (non-hydrogen) atoms. The second-order valence-electron chi connectivity index (χ2n) is 6.28. The number of carbonyl (C=O) groups excluding carboxylic acids is 1. The van der Waals surface area contributed by atoms with E-state index in [2.05, 4.69) is 29.0 Å². The van der Waals surface area contributed by atoms with E-state index < -0.39 is 0 Å². The van der Waals surface area contributed by atoms with Crippen LogP contribution >= 0.6 is 0 Å². The maximum absolute atomic E-state index is 12.5. The van der Waals surface area contributed by atoms with Crippen LogP contribution in [0.25, 0.3) is 0 Å². The third-order valence-electron chi connectivity index (χ3n) is 3.69. The summed E-state index contributed by atoms with van der Waals surface area (Å²) in [4.78, 5) is 18.7. The molecule has 0 unspecified atom stereocenters. The van der Waals surface area contributed by atoms with E-state index >= 15 is 0 Å². The molecule has 5 nitrogen and oxygen atoms in total. The van der Waals surface area contributed by atoms with Crippen LogP contribution in [0.3, 0.4) is 0 Å². The Hall–Kier alpha value is -1.39. The molecule has 0 atom stereocenters. The third kappa shape index (κ3) is 4.05. The van der Waals surface area contributed by atoms with Gasteiger partial charge in [-0.05, 0) is 12.8 Å². The van der Waals surface area contributed by atoms with Crippen LogP contribution < -0.4 is 0 Å². The van der Waals surface area contributed by atoms with Gasteiger partial charge in [0.15, 0.2) is 0 Å². The lowest BCUT2D eigenvalue weighted by atomic mass is 9.96. The Labute approximate surface area is 122 Å². The number of carbonyl (C=O) groups is 1. The van der Waals surface area contributed by atoms with E-state index in [1.54, 1.807) is 0 Å². The van der Waals surface area contributed by atoms with Crippen LogP contribution in [0.2, 0.25) is 0 Å². The minimum atomic E-state index is -0.127. The van der Waals surface area contributed by atoms with Crippen molar-refractivity contribution in [2.75, 3.05) is 13.1 Å². The lowest BCUT2D eigenvalue weighted by Crippen LogP contribution is -2.35. The molecule has 0 aliphatic carbocycles. The second kappa shape index (κ2) is 6.86. The quantitative estimate of drug-likeness (QED) is 0.871. The molecule has 0 aliphatic rings. The topological polar surface area (TPSA) is 61.9 Å². The molecule has 1 aromatic heterocycles. The minimum Gasteiger partial charge on any atom is -0.336 e. The Kier molecular flexibility index (Phi) is 5.72. The summed E-state index contributed by atoms with van der Waals surface area (Å²) in [6.07, 6.45) is 2.17. The number of amides is 1. The highest BCUT2D eigenvalue weighted by Crippen LogP contribution is 2.18. The van der Waals surface area contributed by atoms with Gasteiger partial charge in [0, 0.05) is 18.5 Å². The van der Waals surface area contributed by atoms with Crippen molar-refractivity contribution < 1.29 is 4.79 Å². The first-order valence-electron chi connectivity index (χ1n) is 7.55. The first kappa shape index (κ1) is 16.7. The van der Waals surface area contributed by atoms with E-state index in [4.69, 9.17) is 0 Å². The summed E-state index contributed by atoms with van der Waals surface area (Å²) in [7, 11) is 0. The Bertz CT molecular complexity index is 429. The fraction of sp³-hybridized carbons (Fsp3) is 0.800. The number of hydrogen-bond donors (Lipinski definition) is 1. The third-order valence-corrected chi connectivity index (χ3v) is 3.69. The van der Waals surface area contributed by atoms with Gasteiger partial charge in [0.25, 0.3) is 5.91 Å². The zero-order valence-electron chi connectivity index (χ0n) is 13.7. The molecular formula is C15H28N4O. The number of aromatic nitrogens is 3. The summed E-state index contributed by atoms with van der Waals surface area (Å²) in [5.74, 6) is 1.49. The summed E-state index contributed by atoms with van der Waals surface area (Å²) in [5, 5.41) is 6.96. The molecule has 0 fully saturated rings. The number of nitrogens with one attached hydrogen (secondary N) is 1.